The SMILES string of the molecule is Cc1nnc(CN(Cc2ccccc2)S(=O)(=O)c2cccc(Cl)c2)s1. The highest BCUT2D eigenvalue weighted by atomic mass is 35.5. The maximum absolute atomic E-state index is 13.1. The molecule has 0 saturated carbocycles. The molecule has 130 valence electrons. The number of sulfonamides is 1. The number of aryl methyl sites for hydroxylation is 1. The molecule has 0 spiro atoms. The lowest BCUT2D eigenvalue weighted by atomic mass is 10.2. The number of benzene rings is 2. The first-order chi connectivity index (χ1) is 11.9. The highest BCUT2D eigenvalue weighted by Gasteiger charge is 2.26. The van der Waals surface area contributed by atoms with Crippen molar-refractivity contribution in [1.29, 1.82) is 0 Å². The van der Waals surface area contributed by atoms with Crippen molar-refractivity contribution >= 4 is 33.0 Å². The Kier molecular flexibility index (Phi) is 5.48. The summed E-state index contributed by atoms with van der Waals surface area (Å²) in [6.45, 7) is 2.25. The molecule has 2 aromatic carbocycles. The van der Waals surface area contributed by atoms with Gasteiger partial charge in [-0.1, -0.05) is 48.0 Å². The summed E-state index contributed by atoms with van der Waals surface area (Å²) in [5.41, 5.74) is 0.898. The molecule has 0 saturated heterocycles. The van der Waals surface area contributed by atoms with Crippen LogP contribution in [-0.2, 0) is 23.1 Å². The van der Waals surface area contributed by atoms with Gasteiger partial charge in [0.15, 0.2) is 0 Å². The van der Waals surface area contributed by atoms with Gasteiger partial charge < -0.3 is 0 Å². The van der Waals surface area contributed by atoms with Gasteiger partial charge in [0.05, 0.1) is 11.4 Å². The molecule has 1 aromatic heterocycles. The van der Waals surface area contributed by atoms with Crippen molar-refractivity contribution in [3.8, 4) is 0 Å². The van der Waals surface area contributed by atoms with Gasteiger partial charge in [-0.2, -0.15) is 4.31 Å². The van der Waals surface area contributed by atoms with Crippen LogP contribution in [0.1, 0.15) is 15.6 Å². The number of halogens is 1. The van der Waals surface area contributed by atoms with E-state index in [-0.39, 0.29) is 18.0 Å². The third-order valence-corrected chi connectivity index (χ3v) is 6.36. The van der Waals surface area contributed by atoms with Crippen molar-refractivity contribution in [3.63, 3.8) is 0 Å². The zero-order valence-corrected chi connectivity index (χ0v) is 15.9. The summed E-state index contributed by atoms with van der Waals surface area (Å²) in [7, 11) is -3.72. The second-order valence-electron chi connectivity index (χ2n) is 5.43. The Bertz CT molecular complexity index is 959. The predicted molar refractivity (Wildman–Crippen MR) is 99.0 cm³/mol. The molecular formula is C17H16ClN3O2S2. The molecule has 8 heteroatoms. The minimum Gasteiger partial charge on any atom is -0.207 e. The summed E-state index contributed by atoms with van der Waals surface area (Å²) in [6.07, 6.45) is 0. The fraction of sp³-hybridized carbons (Fsp3) is 0.176. The highest BCUT2D eigenvalue weighted by molar-refractivity contribution is 7.89. The summed E-state index contributed by atoms with van der Waals surface area (Å²) < 4.78 is 27.6. The van der Waals surface area contributed by atoms with Crippen molar-refractivity contribution < 1.29 is 8.42 Å². The van der Waals surface area contributed by atoms with Gasteiger partial charge >= 0.3 is 0 Å². The fourth-order valence-electron chi connectivity index (χ4n) is 2.34. The van der Waals surface area contributed by atoms with E-state index < -0.39 is 10.0 Å². The molecule has 0 N–H and O–H groups in total. The van der Waals surface area contributed by atoms with Gasteiger partial charge in [-0.15, -0.1) is 21.5 Å². The maximum atomic E-state index is 13.1. The average Bonchev–Trinajstić information content (AvgIpc) is 3.00. The molecular weight excluding hydrogens is 378 g/mol. The minimum absolute atomic E-state index is 0.162. The molecule has 0 unspecified atom stereocenters. The van der Waals surface area contributed by atoms with E-state index in [2.05, 4.69) is 10.2 Å². The second-order valence-corrected chi connectivity index (χ2v) is 9.07. The number of nitrogens with zero attached hydrogens (tertiary/aromatic N) is 3. The van der Waals surface area contributed by atoms with Crippen LogP contribution in [-0.4, -0.2) is 22.9 Å². The summed E-state index contributed by atoms with van der Waals surface area (Å²) in [5, 5.41) is 9.86. The second kappa shape index (κ2) is 7.61. The van der Waals surface area contributed by atoms with Crippen molar-refractivity contribution in [2.75, 3.05) is 0 Å². The van der Waals surface area contributed by atoms with Gasteiger partial charge in [-0.3, -0.25) is 0 Å². The number of rotatable bonds is 6. The van der Waals surface area contributed by atoms with Gasteiger partial charge in [0.1, 0.15) is 10.0 Å². The van der Waals surface area contributed by atoms with Crippen LogP contribution in [0.4, 0.5) is 0 Å². The summed E-state index contributed by atoms with van der Waals surface area (Å²) in [4.78, 5) is 0.164. The molecule has 1 heterocycles. The van der Waals surface area contributed by atoms with Crippen LogP contribution in [0.25, 0.3) is 0 Å². The van der Waals surface area contributed by atoms with Crippen LogP contribution < -0.4 is 0 Å². The zero-order chi connectivity index (χ0) is 17.9. The van der Waals surface area contributed by atoms with Crippen molar-refractivity contribution in [3.05, 3.63) is 75.2 Å². The quantitative estimate of drug-likeness (QED) is 0.637. The lowest BCUT2D eigenvalue weighted by Crippen LogP contribution is -2.30. The topological polar surface area (TPSA) is 63.2 Å². The molecule has 3 aromatic rings. The van der Waals surface area contributed by atoms with Crippen LogP contribution >= 0.6 is 22.9 Å². The first-order valence-electron chi connectivity index (χ1n) is 7.54. The first kappa shape index (κ1) is 18.0. The molecule has 0 amide bonds. The third-order valence-electron chi connectivity index (χ3n) is 3.52. The number of aromatic nitrogens is 2. The molecule has 0 atom stereocenters. The Balaban J connectivity index is 1.97. The Morgan fingerprint density at radius 1 is 1.04 bits per heavy atom. The van der Waals surface area contributed by atoms with Crippen LogP contribution in [0.15, 0.2) is 59.5 Å². The Morgan fingerprint density at radius 3 is 2.44 bits per heavy atom. The molecule has 3 rings (SSSR count). The van der Waals surface area contributed by atoms with E-state index >= 15 is 0 Å². The summed E-state index contributed by atoms with van der Waals surface area (Å²) >= 11 is 7.36. The smallest absolute Gasteiger partial charge is 0.207 e. The molecule has 0 aliphatic heterocycles. The molecule has 0 radical (unpaired) electrons. The van der Waals surface area contributed by atoms with Crippen LogP contribution in [0.5, 0.6) is 0 Å². The van der Waals surface area contributed by atoms with Crippen LogP contribution in [0, 0.1) is 6.92 Å². The molecule has 0 aliphatic carbocycles. The van der Waals surface area contributed by atoms with Gasteiger partial charge in [0, 0.05) is 11.6 Å². The van der Waals surface area contributed by atoms with E-state index in [1.54, 1.807) is 18.2 Å². The predicted octanol–water partition coefficient (Wildman–Crippen LogP) is 3.89. The molecule has 5 nitrogen and oxygen atoms in total. The monoisotopic (exact) mass is 393 g/mol. The lowest BCUT2D eigenvalue weighted by Gasteiger charge is -2.21. The normalized spacial score (nSPS) is 11.8. The lowest BCUT2D eigenvalue weighted by molar-refractivity contribution is 0.399. The third kappa shape index (κ3) is 4.43. The van der Waals surface area contributed by atoms with Gasteiger partial charge in [-0.25, -0.2) is 8.42 Å². The fourth-order valence-corrected chi connectivity index (χ4v) is 4.84. The van der Waals surface area contributed by atoms with E-state index in [1.165, 1.54) is 21.7 Å². The number of hydrogen-bond donors (Lipinski definition) is 0. The van der Waals surface area contributed by atoms with Gasteiger partial charge in [0.2, 0.25) is 10.0 Å². The van der Waals surface area contributed by atoms with Crippen molar-refractivity contribution in [2.24, 2.45) is 0 Å². The van der Waals surface area contributed by atoms with Gasteiger partial charge in [0.25, 0.3) is 0 Å². The number of hydrogen-bond acceptors (Lipinski definition) is 5. The Hall–Kier alpha value is -1.80. The average molecular weight is 394 g/mol. The van der Waals surface area contributed by atoms with Crippen LogP contribution in [0.3, 0.4) is 0 Å². The van der Waals surface area contributed by atoms with Crippen molar-refractivity contribution in [2.45, 2.75) is 24.9 Å². The first-order valence-corrected chi connectivity index (χ1v) is 10.2. The maximum Gasteiger partial charge on any atom is 0.243 e. The molecule has 0 bridgehead atoms. The van der Waals surface area contributed by atoms with Crippen LogP contribution in [0.2, 0.25) is 5.02 Å². The van der Waals surface area contributed by atoms with E-state index in [9.17, 15) is 8.42 Å². The Morgan fingerprint density at radius 2 is 1.80 bits per heavy atom. The van der Waals surface area contributed by atoms with Crippen molar-refractivity contribution in [1.82, 2.24) is 14.5 Å². The molecule has 0 fully saturated rings. The Labute approximate surface area is 156 Å². The zero-order valence-electron chi connectivity index (χ0n) is 13.5. The van der Waals surface area contributed by atoms with E-state index in [0.717, 1.165) is 10.6 Å². The van der Waals surface area contributed by atoms with E-state index in [1.807, 2.05) is 37.3 Å². The minimum atomic E-state index is -3.72. The van der Waals surface area contributed by atoms with Gasteiger partial charge in [-0.05, 0) is 30.7 Å². The highest BCUT2D eigenvalue weighted by Crippen LogP contribution is 2.24. The molecule has 0 aliphatic rings. The summed E-state index contributed by atoms with van der Waals surface area (Å²) in [5.74, 6) is 0. The summed E-state index contributed by atoms with van der Waals surface area (Å²) in [6, 6.07) is 15.7. The molecule has 25 heavy (non-hydrogen) atoms. The largest absolute Gasteiger partial charge is 0.243 e. The van der Waals surface area contributed by atoms with E-state index in [0.29, 0.717) is 10.0 Å². The standard InChI is InChI=1S/C17H16ClN3O2S2/c1-13-19-20-17(24-13)12-21(11-14-6-3-2-4-7-14)25(22,23)16-9-5-8-15(18)10-16/h2-10H,11-12H2,1H3. The van der Waals surface area contributed by atoms with E-state index in [4.69, 9.17) is 11.6 Å².